The van der Waals surface area contributed by atoms with E-state index in [0.29, 0.717) is 12.3 Å². The van der Waals surface area contributed by atoms with E-state index in [1.807, 2.05) is 31.1 Å². The lowest BCUT2D eigenvalue weighted by atomic mass is 9.89. The van der Waals surface area contributed by atoms with E-state index in [2.05, 4.69) is 52.4 Å². The van der Waals surface area contributed by atoms with Gasteiger partial charge in [0.15, 0.2) is 0 Å². The second-order valence-corrected chi connectivity index (χ2v) is 9.01. The number of hydrogen-bond acceptors (Lipinski definition) is 4. The molecule has 5 rings (SSSR count). The van der Waals surface area contributed by atoms with Crippen LogP contribution in [0.25, 0.3) is 22.0 Å². The second kappa shape index (κ2) is 8.26. The minimum Gasteiger partial charge on any atom is -0.357 e. The molecule has 1 aliphatic heterocycles. The number of fused-ring (bicyclic) bond motifs is 1. The summed E-state index contributed by atoms with van der Waals surface area (Å²) in [6.45, 7) is 7.60. The summed E-state index contributed by atoms with van der Waals surface area (Å²) in [5, 5.41) is 5.28. The van der Waals surface area contributed by atoms with Crippen molar-refractivity contribution in [3.05, 3.63) is 71.5 Å². The Kier molecular flexibility index (Phi) is 5.29. The molecule has 4 heterocycles. The first kappa shape index (κ1) is 20.5. The van der Waals surface area contributed by atoms with Crippen LogP contribution in [0.2, 0.25) is 0 Å². The Morgan fingerprint density at radius 1 is 1.22 bits per heavy atom. The van der Waals surface area contributed by atoms with Crippen molar-refractivity contribution in [2.24, 2.45) is 0 Å². The number of piperidine rings is 1. The standard InChI is InChI=1S/C26H28N4O2/c1-16(2)21-14-22(32-29-21)26(31)30-13-5-7-19(15-30)25-23(18-9-11-27-12-10-18)20-8-4-6-17(3)24(20)28-25/h4,6,8-12,14,16,19,28H,5,7,13,15H2,1-3H3. The topological polar surface area (TPSA) is 75.0 Å². The minimum absolute atomic E-state index is 0.0770. The molecule has 0 spiro atoms. The molecule has 0 radical (unpaired) electrons. The number of aromatic amines is 1. The van der Waals surface area contributed by atoms with Crippen LogP contribution in [-0.2, 0) is 0 Å². The number of hydrogen-bond donors (Lipinski definition) is 1. The highest BCUT2D eigenvalue weighted by Crippen LogP contribution is 2.40. The van der Waals surface area contributed by atoms with Gasteiger partial charge in [-0.15, -0.1) is 0 Å². The van der Waals surface area contributed by atoms with Gasteiger partial charge in [0.05, 0.1) is 5.69 Å². The Labute approximate surface area is 187 Å². The SMILES string of the molecule is Cc1cccc2c(-c3ccncc3)c(C3CCCN(C(=O)c4cc(C(C)C)no4)C3)[nH]c12. The second-order valence-electron chi connectivity index (χ2n) is 9.01. The van der Waals surface area contributed by atoms with E-state index in [9.17, 15) is 4.79 Å². The van der Waals surface area contributed by atoms with Crippen LogP contribution in [0.5, 0.6) is 0 Å². The fourth-order valence-corrected chi connectivity index (χ4v) is 4.73. The van der Waals surface area contributed by atoms with Gasteiger partial charge < -0.3 is 14.4 Å². The predicted octanol–water partition coefficient (Wildman–Crippen LogP) is 5.67. The summed E-state index contributed by atoms with van der Waals surface area (Å²) in [4.78, 5) is 23.0. The third-order valence-corrected chi connectivity index (χ3v) is 6.49. The number of likely N-dealkylation sites (tertiary alicyclic amines) is 1. The molecule has 1 saturated heterocycles. The van der Waals surface area contributed by atoms with Gasteiger partial charge in [-0.1, -0.05) is 37.2 Å². The van der Waals surface area contributed by atoms with Crippen molar-refractivity contribution in [2.45, 2.75) is 45.4 Å². The van der Waals surface area contributed by atoms with Crippen molar-refractivity contribution in [3.63, 3.8) is 0 Å². The molecule has 1 amide bonds. The quantitative estimate of drug-likeness (QED) is 0.454. The Bertz CT molecular complexity index is 1260. The maximum Gasteiger partial charge on any atom is 0.292 e. The molecule has 1 fully saturated rings. The molecular weight excluding hydrogens is 400 g/mol. The van der Waals surface area contributed by atoms with Crippen LogP contribution in [0.15, 0.2) is 53.3 Å². The lowest BCUT2D eigenvalue weighted by Gasteiger charge is -2.32. The van der Waals surface area contributed by atoms with Crippen LogP contribution in [-0.4, -0.2) is 39.0 Å². The molecular formula is C26H28N4O2. The number of pyridine rings is 1. The Hall–Kier alpha value is -3.41. The molecule has 6 nitrogen and oxygen atoms in total. The maximum absolute atomic E-state index is 13.2. The zero-order valence-electron chi connectivity index (χ0n) is 18.8. The van der Waals surface area contributed by atoms with Crippen molar-refractivity contribution in [3.8, 4) is 11.1 Å². The predicted molar refractivity (Wildman–Crippen MR) is 125 cm³/mol. The number of amides is 1. The van der Waals surface area contributed by atoms with E-state index in [0.717, 1.165) is 36.2 Å². The summed E-state index contributed by atoms with van der Waals surface area (Å²) >= 11 is 0. The number of nitrogens with one attached hydrogen (secondary N) is 1. The summed E-state index contributed by atoms with van der Waals surface area (Å²) in [5.74, 6) is 0.699. The van der Waals surface area contributed by atoms with Crippen LogP contribution in [0.1, 0.15) is 66.0 Å². The van der Waals surface area contributed by atoms with Gasteiger partial charge in [-0.3, -0.25) is 9.78 Å². The summed E-state index contributed by atoms with van der Waals surface area (Å²) in [7, 11) is 0. The average molecular weight is 429 g/mol. The molecule has 164 valence electrons. The molecule has 1 N–H and O–H groups in total. The van der Waals surface area contributed by atoms with Crippen molar-refractivity contribution in [2.75, 3.05) is 13.1 Å². The molecule has 6 heteroatoms. The van der Waals surface area contributed by atoms with Crippen LogP contribution in [0, 0.1) is 6.92 Å². The number of nitrogens with zero attached hydrogens (tertiary/aromatic N) is 3. The molecule has 0 bridgehead atoms. The first-order valence-electron chi connectivity index (χ1n) is 11.3. The number of aryl methyl sites for hydroxylation is 1. The van der Waals surface area contributed by atoms with Gasteiger partial charge in [0.1, 0.15) is 0 Å². The zero-order chi connectivity index (χ0) is 22.2. The fraction of sp³-hybridized carbons (Fsp3) is 0.346. The normalized spacial score (nSPS) is 16.8. The highest BCUT2D eigenvalue weighted by atomic mass is 16.5. The molecule has 1 aliphatic rings. The molecule has 3 aromatic heterocycles. The van der Waals surface area contributed by atoms with Gasteiger partial charge in [-0.2, -0.15) is 0 Å². The van der Waals surface area contributed by atoms with Gasteiger partial charge >= 0.3 is 0 Å². The van der Waals surface area contributed by atoms with Crippen LogP contribution >= 0.6 is 0 Å². The van der Waals surface area contributed by atoms with E-state index in [1.54, 1.807) is 6.07 Å². The fourth-order valence-electron chi connectivity index (χ4n) is 4.73. The van der Waals surface area contributed by atoms with Gasteiger partial charge in [0.2, 0.25) is 5.76 Å². The van der Waals surface area contributed by atoms with Crippen molar-refractivity contribution < 1.29 is 9.32 Å². The average Bonchev–Trinajstić information content (AvgIpc) is 3.46. The highest BCUT2D eigenvalue weighted by Gasteiger charge is 2.31. The number of benzene rings is 1. The third kappa shape index (κ3) is 3.60. The van der Waals surface area contributed by atoms with Gasteiger partial charge in [0, 0.05) is 59.6 Å². The van der Waals surface area contributed by atoms with E-state index < -0.39 is 0 Å². The molecule has 32 heavy (non-hydrogen) atoms. The lowest BCUT2D eigenvalue weighted by molar-refractivity contribution is 0.0664. The molecule has 0 saturated carbocycles. The first-order chi connectivity index (χ1) is 15.5. The molecule has 0 aliphatic carbocycles. The van der Waals surface area contributed by atoms with E-state index in [1.165, 1.54) is 22.2 Å². The number of H-pyrrole nitrogens is 1. The summed E-state index contributed by atoms with van der Waals surface area (Å²) in [6, 6.07) is 12.3. The summed E-state index contributed by atoms with van der Waals surface area (Å²) < 4.78 is 5.38. The largest absolute Gasteiger partial charge is 0.357 e. The third-order valence-electron chi connectivity index (χ3n) is 6.49. The van der Waals surface area contributed by atoms with E-state index >= 15 is 0 Å². The lowest BCUT2D eigenvalue weighted by Crippen LogP contribution is -2.39. The minimum atomic E-state index is -0.0770. The van der Waals surface area contributed by atoms with Crippen LogP contribution in [0.4, 0.5) is 0 Å². The van der Waals surface area contributed by atoms with Crippen molar-refractivity contribution in [1.82, 2.24) is 20.0 Å². The smallest absolute Gasteiger partial charge is 0.292 e. The monoisotopic (exact) mass is 428 g/mol. The Balaban J connectivity index is 1.51. The molecule has 4 aromatic rings. The molecule has 1 unspecified atom stereocenters. The Morgan fingerprint density at radius 3 is 2.78 bits per heavy atom. The Morgan fingerprint density at radius 2 is 2.03 bits per heavy atom. The molecule has 1 aromatic carbocycles. The van der Waals surface area contributed by atoms with Crippen molar-refractivity contribution in [1.29, 1.82) is 0 Å². The number of carbonyl (C=O) groups is 1. The van der Waals surface area contributed by atoms with E-state index in [-0.39, 0.29) is 17.7 Å². The van der Waals surface area contributed by atoms with Gasteiger partial charge in [0.25, 0.3) is 5.91 Å². The number of aromatic nitrogens is 3. The van der Waals surface area contributed by atoms with Crippen LogP contribution in [0.3, 0.4) is 0 Å². The van der Waals surface area contributed by atoms with Crippen LogP contribution < -0.4 is 0 Å². The molecule has 1 atom stereocenters. The maximum atomic E-state index is 13.2. The summed E-state index contributed by atoms with van der Waals surface area (Å²) in [6.07, 6.45) is 5.65. The highest BCUT2D eigenvalue weighted by molar-refractivity contribution is 5.99. The van der Waals surface area contributed by atoms with Gasteiger partial charge in [-0.05, 0) is 48.9 Å². The zero-order valence-corrected chi connectivity index (χ0v) is 18.8. The first-order valence-corrected chi connectivity index (χ1v) is 11.3. The number of rotatable bonds is 4. The van der Waals surface area contributed by atoms with Crippen molar-refractivity contribution >= 4 is 16.8 Å². The number of carbonyl (C=O) groups excluding carboxylic acids is 1. The van der Waals surface area contributed by atoms with E-state index in [4.69, 9.17) is 4.52 Å². The van der Waals surface area contributed by atoms with Gasteiger partial charge in [-0.25, -0.2) is 0 Å². The number of para-hydroxylation sites is 1. The summed E-state index contributed by atoms with van der Waals surface area (Å²) in [5.41, 5.74) is 6.75.